The molecule has 1 aromatic carbocycles. The molecule has 0 aliphatic heterocycles. The van der Waals surface area contributed by atoms with Gasteiger partial charge >= 0.3 is 0 Å². The van der Waals surface area contributed by atoms with Crippen LogP contribution in [-0.2, 0) is 0 Å². The Balaban J connectivity index is 2.45. The van der Waals surface area contributed by atoms with Gasteiger partial charge in [-0.1, -0.05) is 68.9 Å². The van der Waals surface area contributed by atoms with Gasteiger partial charge < -0.3 is 10.8 Å². The molecule has 0 heterocycles. The Hall–Kier alpha value is -0.860. The summed E-state index contributed by atoms with van der Waals surface area (Å²) < 4.78 is 0. The van der Waals surface area contributed by atoms with Crippen molar-refractivity contribution in [2.24, 2.45) is 5.73 Å². The lowest BCUT2D eigenvalue weighted by atomic mass is 9.89. The van der Waals surface area contributed by atoms with Crippen molar-refractivity contribution in [1.29, 1.82) is 0 Å². The summed E-state index contributed by atoms with van der Waals surface area (Å²) in [5.41, 5.74) is 8.25. The molecule has 1 aromatic rings. The first-order chi connectivity index (χ1) is 9.19. The highest BCUT2D eigenvalue weighted by Gasteiger charge is 2.19. The molecular weight excluding hydrogens is 234 g/mol. The van der Waals surface area contributed by atoms with E-state index < -0.39 is 0 Å². The Kier molecular flexibility index (Phi) is 7.76. The summed E-state index contributed by atoms with van der Waals surface area (Å²) >= 11 is 0. The third-order valence-electron chi connectivity index (χ3n) is 3.79. The van der Waals surface area contributed by atoms with E-state index in [1.165, 1.54) is 36.8 Å². The van der Waals surface area contributed by atoms with Crippen molar-refractivity contribution in [3.05, 3.63) is 35.4 Å². The van der Waals surface area contributed by atoms with Gasteiger partial charge in [0.05, 0.1) is 6.10 Å². The van der Waals surface area contributed by atoms with Crippen molar-refractivity contribution < 1.29 is 5.11 Å². The van der Waals surface area contributed by atoms with Crippen molar-refractivity contribution in [3.63, 3.8) is 0 Å². The van der Waals surface area contributed by atoms with Crippen LogP contribution >= 0.6 is 0 Å². The summed E-state index contributed by atoms with van der Waals surface area (Å²) in [7, 11) is 0. The van der Waals surface area contributed by atoms with Gasteiger partial charge in [-0.2, -0.15) is 0 Å². The van der Waals surface area contributed by atoms with Crippen LogP contribution < -0.4 is 5.73 Å². The fraction of sp³-hybridized carbons (Fsp3) is 0.647. The first-order valence-electron chi connectivity index (χ1n) is 7.63. The quantitative estimate of drug-likeness (QED) is 0.666. The number of nitrogens with two attached hydrogens (primary N) is 1. The molecule has 0 aromatic heterocycles. The highest BCUT2D eigenvalue weighted by Crippen LogP contribution is 2.23. The molecule has 0 saturated carbocycles. The molecule has 0 radical (unpaired) electrons. The van der Waals surface area contributed by atoms with Gasteiger partial charge in [-0.15, -0.1) is 0 Å². The fourth-order valence-electron chi connectivity index (χ4n) is 2.57. The molecule has 0 bridgehead atoms. The minimum absolute atomic E-state index is 0.0751. The van der Waals surface area contributed by atoms with E-state index in [9.17, 15) is 5.11 Å². The molecule has 0 spiro atoms. The first kappa shape index (κ1) is 16.2. The van der Waals surface area contributed by atoms with E-state index in [4.69, 9.17) is 5.73 Å². The SMILES string of the molecule is CCCCCCCC(O)C(CN)c1cccc(C)c1. The number of rotatable bonds is 9. The van der Waals surface area contributed by atoms with Crippen LogP contribution in [0.2, 0.25) is 0 Å². The van der Waals surface area contributed by atoms with Gasteiger partial charge in [0.15, 0.2) is 0 Å². The van der Waals surface area contributed by atoms with Crippen LogP contribution in [0.1, 0.15) is 62.5 Å². The monoisotopic (exact) mass is 263 g/mol. The Morgan fingerprint density at radius 1 is 1.16 bits per heavy atom. The summed E-state index contributed by atoms with van der Waals surface area (Å²) in [5, 5.41) is 10.3. The van der Waals surface area contributed by atoms with E-state index in [1.807, 2.05) is 6.07 Å². The lowest BCUT2D eigenvalue weighted by Gasteiger charge is -2.22. The van der Waals surface area contributed by atoms with Gasteiger partial charge in [0.25, 0.3) is 0 Å². The minimum Gasteiger partial charge on any atom is -0.392 e. The molecule has 0 fully saturated rings. The van der Waals surface area contributed by atoms with Crippen molar-refractivity contribution >= 4 is 0 Å². The van der Waals surface area contributed by atoms with Crippen LogP contribution in [-0.4, -0.2) is 17.8 Å². The normalized spacial score (nSPS) is 14.3. The molecule has 0 aliphatic carbocycles. The highest BCUT2D eigenvalue weighted by molar-refractivity contribution is 5.26. The number of unbranched alkanes of at least 4 members (excludes halogenated alkanes) is 4. The topological polar surface area (TPSA) is 46.2 Å². The summed E-state index contributed by atoms with van der Waals surface area (Å²) in [4.78, 5) is 0. The van der Waals surface area contributed by atoms with Crippen LogP contribution in [0.5, 0.6) is 0 Å². The van der Waals surface area contributed by atoms with Gasteiger partial charge in [-0.25, -0.2) is 0 Å². The van der Waals surface area contributed by atoms with Gasteiger partial charge in [0.1, 0.15) is 0 Å². The molecule has 0 aliphatic rings. The van der Waals surface area contributed by atoms with E-state index in [0.717, 1.165) is 12.8 Å². The zero-order valence-electron chi connectivity index (χ0n) is 12.4. The maximum atomic E-state index is 10.3. The Labute approximate surface area is 118 Å². The summed E-state index contributed by atoms with van der Waals surface area (Å²) in [6, 6.07) is 8.33. The lowest BCUT2D eigenvalue weighted by molar-refractivity contribution is 0.132. The Bertz CT molecular complexity index is 351. The molecule has 2 nitrogen and oxygen atoms in total. The lowest BCUT2D eigenvalue weighted by Crippen LogP contribution is -2.26. The number of aryl methyl sites for hydroxylation is 1. The Morgan fingerprint density at radius 2 is 1.89 bits per heavy atom. The van der Waals surface area contributed by atoms with Crippen LogP contribution in [0.25, 0.3) is 0 Å². The van der Waals surface area contributed by atoms with Gasteiger partial charge in [-0.05, 0) is 18.9 Å². The largest absolute Gasteiger partial charge is 0.392 e. The number of hydrogen-bond donors (Lipinski definition) is 2. The summed E-state index contributed by atoms with van der Waals surface area (Å²) in [6.45, 7) is 4.81. The molecule has 2 unspecified atom stereocenters. The molecule has 2 atom stereocenters. The van der Waals surface area contributed by atoms with Crippen molar-refractivity contribution in [2.75, 3.05) is 6.54 Å². The van der Waals surface area contributed by atoms with Crippen molar-refractivity contribution in [2.45, 2.75) is 64.4 Å². The van der Waals surface area contributed by atoms with Crippen molar-refractivity contribution in [1.82, 2.24) is 0 Å². The van der Waals surface area contributed by atoms with Crippen LogP contribution in [0.3, 0.4) is 0 Å². The minimum atomic E-state index is -0.312. The van der Waals surface area contributed by atoms with E-state index in [0.29, 0.717) is 6.54 Å². The van der Waals surface area contributed by atoms with Crippen molar-refractivity contribution in [3.8, 4) is 0 Å². The van der Waals surface area contributed by atoms with Crippen LogP contribution in [0.4, 0.5) is 0 Å². The smallest absolute Gasteiger partial charge is 0.0620 e. The summed E-state index contributed by atoms with van der Waals surface area (Å²) in [5.74, 6) is 0.0751. The second-order valence-electron chi connectivity index (χ2n) is 5.53. The molecule has 0 amide bonds. The second kappa shape index (κ2) is 9.11. The predicted molar refractivity (Wildman–Crippen MR) is 82.4 cm³/mol. The first-order valence-corrected chi connectivity index (χ1v) is 7.63. The highest BCUT2D eigenvalue weighted by atomic mass is 16.3. The van der Waals surface area contributed by atoms with E-state index >= 15 is 0 Å². The average Bonchev–Trinajstić information content (AvgIpc) is 2.39. The van der Waals surface area contributed by atoms with E-state index in [-0.39, 0.29) is 12.0 Å². The number of aliphatic hydroxyl groups excluding tert-OH is 1. The van der Waals surface area contributed by atoms with Crippen LogP contribution in [0.15, 0.2) is 24.3 Å². The van der Waals surface area contributed by atoms with Gasteiger partial charge in [-0.3, -0.25) is 0 Å². The maximum Gasteiger partial charge on any atom is 0.0620 e. The zero-order valence-corrected chi connectivity index (χ0v) is 12.4. The third-order valence-corrected chi connectivity index (χ3v) is 3.79. The predicted octanol–water partition coefficient (Wildman–Crippen LogP) is 3.76. The average molecular weight is 263 g/mol. The Morgan fingerprint density at radius 3 is 2.53 bits per heavy atom. The van der Waals surface area contributed by atoms with E-state index in [2.05, 4.69) is 32.0 Å². The molecule has 2 heteroatoms. The van der Waals surface area contributed by atoms with Gasteiger partial charge in [0.2, 0.25) is 0 Å². The molecule has 19 heavy (non-hydrogen) atoms. The number of benzene rings is 1. The maximum absolute atomic E-state index is 10.3. The molecular formula is C17H29NO. The second-order valence-corrected chi connectivity index (χ2v) is 5.53. The molecule has 1 rings (SSSR count). The van der Waals surface area contributed by atoms with Crippen LogP contribution in [0, 0.1) is 6.92 Å². The standard InChI is InChI=1S/C17H29NO/c1-3-4-5-6-7-11-17(19)16(13-18)15-10-8-9-14(2)12-15/h8-10,12,16-17,19H,3-7,11,13,18H2,1-2H3. The van der Waals surface area contributed by atoms with Gasteiger partial charge in [0, 0.05) is 12.5 Å². The van der Waals surface area contributed by atoms with E-state index in [1.54, 1.807) is 0 Å². The zero-order chi connectivity index (χ0) is 14.1. The number of aliphatic hydroxyl groups is 1. The fourth-order valence-corrected chi connectivity index (χ4v) is 2.57. The molecule has 108 valence electrons. The number of hydrogen-bond acceptors (Lipinski definition) is 2. The molecule has 0 saturated heterocycles. The third kappa shape index (κ3) is 5.75. The molecule has 3 N–H and O–H groups in total. The summed E-state index contributed by atoms with van der Waals surface area (Å²) in [6.07, 6.45) is 6.71.